The Balaban J connectivity index is 1.69. The summed E-state index contributed by atoms with van der Waals surface area (Å²) in [5.74, 6) is 0.405. The summed E-state index contributed by atoms with van der Waals surface area (Å²) < 4.78 is 0. The Morgan fingerprint density at radius 1 is 1.12 bits per heavy atom. The van der Waals surface area contributed by atoms with Crippen LogP contribution in [0.4, 0.5) is 0 Å². The van der Waals surface area contributed by atoms with E-state index < -0.39 is 0 Å². The van der Waals surface area contributed by atoms with Gasteiger partial charge in [-0.05, 0) is 67.5 Å². The van der Waals surface area contributed by atoms with Crippen LogP contribution in [0.1, 0.15) is 41.1 Å². The van der Waals surface area contributed by atoms with Crippen molar-refractivity contribution < 1.29 is 5.11 Å². The summed E-state index contributed by atoms with van der Waals surface area (Å²) in [7, 11) is 0. The second kappa shape index (κ2) is 7.26. The minimum absolute atomic E-state index is 0.294. The van der Waals surface area contributed by atoms with E-state index in [0.717, 1.165) is 25.9 Å². The van der Waals surface area contributed by atoms with Crippen molar-refractivity contribution in [1.82, 2.24) is 9.88 Å². The molecule has 0 radical (unpaired) electrons. The second-order valence-electron chi connectivity index (χ2n) is 7.73. The van der Waals surface area contributed by atoms with E-state index in [2.05, 4.69) is 66.2 Å². The highest BCUT2D eigenvalue weighted by atomic mass is 16.3. The van der Waals surface area contributed by atoms with Gasteiger partial charge in [0.15, 0.2) is 0 Å². The molecule has 0 aliphatic carbocycles. The van der Waals surface area contributed by atoms with Crippen LogP contribution >= 0.6 is 0 Å². The van der Waals surface area contributed by atoms with Gasteiger partial charge in [0, 0.05) is 36.3 Å². The highest BCUT2D eigenvalue weighted by Gasteiger charge is 2.30. The first-order valence-corrected chi connectivity index (χ1v) is 9.63. The fourth-order valence-electron chi connectivity index (χ4n) is 4.52. The third kappa shape index (κ3) is 3.17. The number of nitrogens with zero attached hydrogens (tertiary/aromatic N) is 1. The van der Waals surface area contributed by atoms with Crippen LogP contribution in [-0.4, -0.2) is 28.1 Å². The molecule has 2 atom stereocenters. The number of rotatable bonds is 4. The highest BCUT2D eigenvalue weighted by molar-refractivity contribution is 5.86. The van der Waals surface area contributed by atoms with E-state index in [-0.39, 0.29) is 0 Å². The van der Waals surface area contributed by atoms with E-state index >= 15 is 0 Å². The lowest BCUT2D eigenvalue weighted by Crippen LogP contribution is -2.37. The molecule has 1 aliphatic heterocycles. The van der Waals surface area contributed by atoms with E-state index in [0.29, 0.717) is 18.6 Å². The first kappa shape index (κ1) is 17.3. The van der Waals surface area contributed by atoms with Gasteiger partial charge in [-0.1, -0.05) is 36.4 Å². The van der Waals surface area contributed by atoms with Gasteiger partial charge >= 0.3 is 0 Å². The highest BCUT2D eigenvalue weighted by Crippen LogP contribution is 2.36. The molecule has 3 heteroatoms. The molecule has 0 unspecified atom stereocenters. The fraction of sp³-hybridized carbons (Fsp3) is 0.391. The number of aliphatic hydroxyl groups is 1. The number of fused-ring (bicyclic) bond motifs is 1. The van der Waals surface area contributed by atoms with Gasteiger partial charge in [-0.15, -0.1) is 0 Å². The molecule has 1 aromatic heterocycles. The maximum atomic E-state index is 9.70. The number of benzene rings is 2. The van der Waals surface area contributed by atoms with E-state index in [1.807, 2.05) is 6.20 Å². The van der Waals surface area contributed by atoms with Gasteiger partial charge in [-0.3, -0.25) is 4.90 Å². The molecule has 0 bridgehead atoms. The van der Waals surface area contributed by atoms with Crippen LogP contribution in [0.3, 0.4) is 0 Å². The van der Waals surface area contributed by atoms with Crippen molar-refractivity contribution in [3.63, 3.8) is 0 Å². The minimum atomic E-state index is 0.294. The Hall–Kier alpha value is -2.10. The Morgan fingerprint density at radius 3 is 2.69 bits per heavy atom. The molecule has 136 valence electrons. The average molecular weight is 348 g/mol. The molecular formula is C23H28N2O. The summed E-state index contributed by atoms with van der Waals surface area (Å²) in [5.41, 5.74) is 6.72. The van der Waals surface area contributed by atoms with Crippen molar-refractivity contribution in [3.8, 4) is 0 Å². The van der Waals surface area contributed by atoms with Crippen LogP contribution in [0.25, 0.3) is 10.9 Å². The number of piperidine rings is 1. The molecule has 3 nitrogen and oxygen atoms in total. The van der Waals surface area contributed by atoms with E-state index in [1.54, 1.807) is 0 Å². The van der Waals surface area contributed by atoms with Crippen LogP contribution in [0.2, 0.25) is 0 Å². The number of hydrogen-bond donors (Lipinski definition) is 2. The summed E-state index contributed by atoms with van der Waals surface area (Å²) in [6.45, 7) is 6.69. The molecular weight excluding hydrogens is 320 g/mol. The number of H-pyrrole nitrogens is 1. The van der Waals surface area contributed by atoms with Crippen LogP contribution in [-0.2, 0) is 6.54 Å². The zero-order valence-corrected chi connectivity index (χ0v) is 15.7. The van der Waals surface area contributed by atoms with Crippen molar-refractivity contribution >= 4 is 10.9 Å². The maximum absolute atomic E-state index is 9.70. The molecule has 3 aromatic rings. The predicted molar refractivity (Wildman–Crippen MR) is 107 cm³/mol. The minimum Gasteiger partial charge on any atom is -0.396 e. The van der Waals surface area contributed by atoms with Gasteiger partial charge in [0.05, 0.1) is 0 Å². The molecule has 2 heterocycles. The predicted octanol–water partition coefficient (Wildman–Crippen LogP) is 4.73. The van der Waals surface area contributed by atoms with Crippen molar-refractivity contribution in [3.05, 3.63) is 70.9 Å². The Labute approximate surface area is 155 Å². The maximum Gasteiger partial charge on any atom is 0.0487 e. The summed E-state index contributed by atoms with van der Waals surface area (Å²) in [5, 5.41) is 11.0. The first-order chi connectivity index (χ1) is 12.7. The lowest BCUT2D eigenvalue weighted by molar-refractivity contribution is 0.0750. The summed E-state index contributed by atoms with van der Waals surface area (Å²) >= 11 is 0. The van der Waals surface area contributed by atoms with Crippen molar-refractivity contribution in [2.75, 3.05) is 13.2 Å². The van der Waals surface area contributed by atoms with E-state index in [1.165, 1.54) is 33.2 Å². The number of aliphatic hydroxyl groups excluding tert-OH is 1. The zero-order chi connectivity index (χ0) is 18.1. The van der Waals surface area contributed by atoms with Crippen molar-refractivity contribution in [2.24, 2.45) is 5.92 Å². The number of aryl methyl sites for hydroxylation is 2. The van der Waals surface area contributed by atoms with Gasteiger partial charge in [0.2, 0.25) is 0 Å². The van der Waals surface area contributed by atoms with Gasteiger partial charge in [-0.25, -0.2) is 0 Å². The van der Waals surface area contributed by atoms with Crippen molar-refractivity contribution in [1.29, 1.82) is 0 Å². The summed E-state index contributed by atoms with van der Waals surface area (Å²) in [6, 6.07) is 15.7. The normalized spacial score (nSPS) is 21.3. The van der Waals surface area contributed by atoms with Gasteiger partial charge in [-0.2, -0.15) is 0 Å². The quantitative estimate of drug-likeness (QED) is 0.715. The molecule has 1 aliphatic rings. The lowest BCUT2D eigenvalue weighted by atomic mass is 9.87. The number of likely N-dealkylation sites (tertiary alicyclic amines) is 1. The monoisotopic (exact) mass is 348 g/mol. The lowest BCUT2D eigenvalue weighted by Gasteiger charge is -2.40. The molecule has 1 saturated heterocycles. The van der Waals surface area contributed by atoms with Crippen LogP contribution in [0.5, 0.6) is 0 Å². The van der Waals surface area contributed by atoms with Gasteiger partial charge in [0.1, 0.15) is 0 Å². The molecule has 26 heavy (non-hydrogen) atoms. The first-order valence-electron chi connectivity index (χ1n) is 9.63. The standard InChI is InChI=1S/C23H28N2O/c1-16-12-17(2)23-20(8-10-24-23)21(16)14-25-11-9-18(15-26)13-22(25)19-6-4-3-5-7-19/h3-8,10,12,18,22,24,26H,9,11,13-15H2,1-2H3/t18-,22-/m1/s1. The molecule has 2 aromatic carbocycles. The zero-order valence-electron chi connectivity index (χ0n) is 15.7. The van der Waals surface area contributed by atoms with Crippen LogP contribution < -0.4 is 0 Å². The summed E-state index contributed by atoms with van der Waals surface area (Å²) in [4.78, 5) is 6.00. The third-order valence-corrected chi connectivity index (χ3v) is 6.00. The number of aromatic amines is 1. The second-order valence-corrected chi connectivity index (χ2v) is 7.73. The topological polar surface area (TPSA) is 39.3 Å². The smallest absolute Gasteiger partial charge is 0.0487 e. The summed E-state index contributed by atoms with van der Waals surface area (Å²) in [6.07, 6.45) is 4.15. The third-order valence-electron chi connectivity index (χ3n) is 6.00. The average Bonchev–Trinajstić information content (AvgIpc) is 3.16. The largest absolute Gasteiger partial charge is 0.396 e. The SMILES string of the molecule is Cc1cc(C)c2[nH]ccc2c1CN1CC[C@@H](CO)C[C@@H]1c1ccccc1. The molecule has 0 amide bonds. The van der Waals surface area contributed by atoms with Gasteiger partial charge in [0.25, 0.3) is 0 Å². The van der Waals surface area contributed by atoms with Crippen LogP contribution in [0, 0.1) is 19.8 Å². The Bertz CT molecular complexity index is 884. The van der Waals surface area contributed by atoms with Crippen LogP contribution in [0.15, 0.2) is 48.7 Å². The van der Waals surface area contributed by atoms with E-state index in [4.69, 9.17) is 0 Å². The van der Waals surface area contributed by atoms with E-state index in [9.17, 15) is 5.11 Å². The Morgan fingerprint density at radius 2 is 1.92 bits per heavy atom. The molecule has 4 rings (SSSR count). The molecule has 0 spiro atoms. The Kier molecular flexibility index (Phi) is 4.84. The van der Waals surface area contributed by atoms with Crippen molar-refractivity contribution in [2.45, 2.75) is 39.3 Å². The fourth-order valence-corrected chi connectivity index (χ4v) is 4.52. The molecule has 2 N–H and O–H groups in total. The number of hydrogen-bond acceptors (Lipinski definition) is 2. The number of nitrogens with one attached hydrogen (secondary N) is 1. The number of aromatic nitrogens is 1. The molecule has 0 saturated carbocycles. The van der Waals surface area contributed by atoms with Gasteiger partial charge < -0.3 is 10.1 Å². The molecule has 1 fully saturated rings.